The summed E-state index contributed by atoms with van der Waals surface area (Å²) in [5.74, 6) is -0.608. The number of rotatable bonds is 8. The lowest BCUT2D eigenvalue weighted by Gasteiger charge is -2.20. The van der Waals surface area contributed by atoms with Gasteiger partial charge in [0.2, 0.25) is 5.16 Å². The highest BCUT2D eigenvalue weighted by atomic mass is 35.5. The summed E-state index contributed by atoms with van der Waals surface area (Å²) >= 11 is 9.26. The SMILES string of the molecule is Cn1nnnc1SCc1c(S(C)(=O)=O)ccc(C(=O)C2=C(Sc3ccccc3)CCCC2=O)c1Cl. The first kappa shape index (κ1) is 25.6. The Hall–Kier alpha value is -2.47. The first-order chi connectivity index (χ1) is 16.7. The molecule has 1 heterocycles. The molecule has 4 rings (SSSR count). The van der Waals surface area contributed by atoms with E-state index < -0.39 is 15.6 Å². The molecule has 0 saturated carbocycles. The maximum Gasteiger partial charge on any atom is 0.209 e. The third-order valence-electron chi connectivity index (χ3n) is 5.35. The number of ketones is 2. The van der Waals surface area contributed by atoms with Crippen LogP contribution in [0.5, 0.6) is 0 Å². The van der Waals surface area contributed by atoms with Crippen molar-refractivity contribution in [1.29, 1.82) is 0 Å². The Morgan fingerprint density at radius 1 is 1.14 bits per heavy atom. The minimum Gasteiger partial charge on any atom is -0.294 e. The van der Waals surface area contributed by atoms with E-state index in [1.54, 1.807) is 7.05 Å². The van der Waals surface area contributed by atoms with Gasteiger partial charge in [-0.15, -0.1) is 5.10 Å². The molecule has 0 fully saturated rings. The highest BCUT2D eigenvalue weighted by molar-refractivity contribution is 8.03. The summed E-state index contributed by atoms with van der Waals surface area (Å²) in [7, 11) is -1.98. The Labute approximate surface area is 216 Å². The molecule has 0 radical (unpaired) electrons. The zero-order chi connectivity index (χ0) is 25.2. The molecule has 182 valence electrons. The van der Waals surface area contributed by atoms with Crippen molar-refractivity contribution in [2.45, 2.75) is 40.0 Å². The molecule has 1 aliphatic carbocycles. The highest BCUT2D eigenvalue weighted by Gasteiger charge is 2.31. The van der Waals surface area contributed by atoms with E-state index in [-0.39, 0.29) is 44.6 Å². The van der Waals surface area contributed by atoms with Crippen LogP contribution < -0.4 is 0 Å². The lowest BCUT2D eigenvalue weighted by atomic mass is 9.91. The van der Waals surface area contributed by atoms with Crippen molar-refractivity contribution >= 4 is 56.5 Å². The van der Waals surface area contributed by atoms with E-state index in [2.05, 4.69) is 15.5 Å². The van der Waals surface area contributed by atoms with Crippen LogP contribution in [0.25, 0.3) is 0 Å². The van der Waals surface area contributed by atoms with Crippen molar-refractivity contribution in [3.05, 3.63) is 69.1 Å². The number of sulfone groups is 1. The zero-order valence-electron chi connectivity index (χ0n) is 18.9. The van der Waals surface area contributed by atoms with Crippen molar-refractivity contribution in [1.82, 2.24) is 20.2 Å². The second-order valence-electron chi connectivity index (χ2n) is 7.87. The molecular weight excluding hydrogens is 528 g/mol. The minimum absolute atomic E-state index is 0.00971. The fourth-order valence-corrected chi connectivity index (χ4v) is 7.18. The zero-order valence-corrected chi connectivity index (χ0v) is 22.1. The van der Waals surface area contributed by atoms with Crippen LogP contribution in [0.3, 0.4) is 0 Å². The predicted molar refractivity (Wildman–Crippen MR) is 135 cm³/mol. The first-order valence-corrected chi connectivity index (χ1v) is 14.6. The van der Waals surface area contributed by atoms with Gasteiger partial charge in [-0.2, -0.15) is 0 Å². The van der Waals surface area contributed by atoms with Gasteiger partial charge in [0, 0.05) is 46.4 Å². The third kappa shape index (κ3) is 5.69. The molecule has 0 atom stereocenters. The van der Waals surface area contributed by atoms with Crippen LogP contribution in [-0.4, -0.2) is 46.4 Å². The average Bonchev–Trinajstić information content (AvgIpc) is 3.22. The fraction of sp³-hybridized carbons (Fsp3) is 0.261. The van der Waals surface area contributed by atoms with Gasteiger partial charge in [-0.25, -0.2) is 13.1 Å². The monoisotopic (exact) mass is 548 g/mol. The Morgan fingerprint density at radius 2 is 1.89 bits per heavy atom. The summed E-state index contributed by atoms with van der Waals surface area (Å²) < 4.78 is 26.4. The second-order valence-corrected chi connectivity index (χ2v) is 12.3. The Bertz CT molecular complexity index is 1440. The van der Waals surface area contributed by atoms with Crippen molar-refractivity contribution in [2.75, 3.05) is 6.26 Å². The third-order valence-corrected chi connectivity index (χ3v) is 9.16. The topological polar surface area (TPSA) is 112 Å². The van der Waals surface area contributed by atoms with Crippen LogP contribution in [-0.2, 0) is 27.4 Å². The van der Waals surface area contributed by atoms with E-state index in [0.717, 1.165) is 11.2 Å². The van der Waals surface area contributed by atoms with Gasteiger partial charge in [-0.1, -0.05) is 53.3 Å². The number of aromatic nitrogens is 4. The molecule has 0 spiro atoms. The number of allylic oxidation sites excluding steroid dienone is 2. The summed E-state index contributed by atoms with van der Waals surface area (Å²) in [6, 6.07) is 12.3. The summed E-state index contributed by atoms with van der Waals surface area (Å²) in [5.41, 5.74) is 0.492. The summed E-state index contributed by atoms with van der Waals surface area (Å²) in [5, 5.41) is 11.7. The highest BCUT2D eigenvalue weighted by Crippen LogP contribution is 2.39. The molecule has 1 aromatic heterocycles. The number of carbonyl (C=O) groups is 2. The van der Waals surface area contributed by atoms with Crippen molar-refractivity contribution in [2.24, 2.45) is 7.05 Å². The molecule has 35 heavy (non-hydrogen) atoms. The number of nitrogens with zero attached hydrogens (tertiary/aromatic N) is 4. The van der Waals surface area contributed by atoms with Crippen molar-refractivity contribution in [3.63, 3.8) is 0 Å². The molecule has 2 aromatic carbocycles. The van der Waals surface area contributed by atoms with E-state index in [1.165, 1.54) is 40.3 Å². The van der Waals surface area contributed by atoms with Crippen LogP contribution >= 0.6 is 35.1 Å². The average molecular weight is 549 g/mol. The van der Waals surface area contributed by atoms with Gasteiger partial charge in [0.1, 0.15) is 0 Å². The molecule has 8 nitrogen and oxygen atoms in total. The standard InChI is InChI=1S/C23H21ClN4O4S3/c1-28-23(25-26-27-28)33-13-16-19(35(2,31)32)12-11-15(21(16)24)22(30)20-17(29)9-6-10-18(20)34-14-7-4-3-5-8-14/h3-5,7-8,11-12H,6,9-10,13H2,1-2H3. The number of carbonyl (C=O) groups excluding carboxylic acids is 2. The van der Waals surface area contributed by atoms with Gasteiger partial charge >= 0.3 is 0 Å². The molecule has 1 aliphatic rings. The van der Waals surface area contributed by atoms with E-state index >= 15 is 0 Å². The number of aryl methyl sites for hydroxylation is 1. The predicted octanol–water partition coefficient (Wildman–Crippen LogP) is 4.54. The summed E-state index contributed by atoms with van der Waals surface area (Å²) in [6.07, 6.45) is 2.63. The van der Waals surface area contributed by atoms with Crippen LogP contribution in [0.4, 0.5) is 0 Å². The molecule has 0 amide bonds. The number of benzene rings is 2. The molecule has 0 N–H and O–H groups in total. The number of hydrogen-bond donors (Lipinski definition) is 0. The molecule has 3 aromatic rings. The van der Waals surface area contributed by atoms with Crippen LogP contribution in [0.2, 0.25) is 5.02 Å². The molecule has 0 saturated heterocycles. The van der Waals surface area contributed by atoms with E-state index in [0.29, 0.717) is 22.9 Å². The lowest BCUT2D eigenvalue weighted by molar-refractivity contribution is -0.115. The van der Waals surface area contributed by atoms with Crippen LogP contribution in [0.15, 0.2) is 67.9 Å². The van der Waals surface area contributed by atoms with E-state index in [1.807, 2.05) is 30.3 Å². The molecular formula is C23H21ClN4O4S3. The van der Waals surface area contributed by atoms with Crippen LogP contribution in [0, 0.1) is 0 Å². The van der Waals surface area contributed by atoms with Crippen molar-refractivity contribution in [3.8, 4) is 0 Å². The Kier molecular flexibility index (Phi) is 7.80. The largest absolute Gasteiger partial charge is 0.294 e. The van der Waals surface area contributed by atoms with Gasteiger partial charge in [0.05, 0.1) is 15.5 Å². The minimum atomic E-state index is -3.64. The van der Waals surface area contributed by atoms with Crippen molar-refractivity contribution < 1.29 is 18.0 Å². The van der Waals surface area contributed by atoms with Gasteiger partial charge in [0.25, 0.3) is 0 Å². The fourth-order valence-electron chi connectivity index (χ4n) is 3.68. The van der Waals surface area contributed by atoms with Gasteiger partial charge in [-0.05, 0) is 47.5 Å². The maximum atomic E-state index is 13.7. The Balaban J connectivity index is 1.77. The smallest absolute Gasteiger partial charge is 0.209 e. The molecule has 12 heteroatoms. The lowest BCUT2D eigenvalue weighted by Crippen LogP contribution is -2.19. The van der Waals surface area contributed by atoms with Crippen LogP contribution in [0.1, 0.15) is 35.2 Å². The number of tetrazole rings is 1. The number of halogens is 1. The van der Waals surface area contributed by atoms with E-state index in [9.17, 15) is 18.0 Å². The maximum absolute atomic E-state index is 13.7. The van der Waals surface area contributed by atoms with Gasteiger partial charge < -0.3 is 0 Å². The number of Topliss-reactive ketones (excluding diaryl/α,β-unsaturated/α-hetero) is 2. The van der Waals surface area contributed by atoms with Gasteiger partial charge in [0.15, 0.2) is 21.4 Å². The van der Waals surface area contributed by atoms with Gasteiger partial charge in [-0.3, -0.25) is 9.59 Å². The normalized spacial score (nSPS) is 14.4. The number of thioether (sulfide) groups is 2. The Morgan fingerprint density at radius 3 is 2.54 bits per heavy atom. The first-order valence-electron chi connectivity index (χ1n) is 10.6. The molecule has 0 bridgehead atoms. The summed E-state index contributed by atoms with van der Waals surface area (Å²) in [6.45, 7) is 0. The molecule has 0 unspecified atom stereocenters. The van der Waals surface area contributed by atoms with E-state index in [4.69, 9.17) is 11.6 Å². The summed E-state index contributed by atoms with van der Waals surface area (Å²) in [4.78, 5) is 28.2. The number of hydrogen-bond acceptors (Lipinski definition) is 9. The second kappa shape index (κ2) is 10.7. The quantitative estimate of drug-likeness (QED) is 0.227. The molecule has 0 aliphatic heterocycles.